The molecule has 0 amide bonds. The quantitative estimate of drug-likeness (QED) is 0.348. The Morgan fingerprint density at radius 1 is 1.05 bits per heavy atom. The van der Waals surface area contributed by atoms with Gasteiger partial charge in [-0.1, -0.05) is 20.8 Å². The van der Waals surface area contributed by atoms with Crippen LogP contribution in [-0.2, 0) is 21.5 Å². The van der Waals surface area contributed by atoms with Crippen molar-refractivity contribution in [2.75, 3.05) is 52.5 Å². The van der Waals surface area contributed by atoms with Crippen LogP contribution in [-0.4, -0.2) is 81.3 Å². The highest BCUT2D eigenvalue weighted by Crippen LogP contribution is 2.42. The summed E-state index contributed by atoms with van der Waals surface area (Å²) >= 11 is 0. The van der Waals surface area contributed by atoms with Gasteiger partial charge in [0.2, 0.25) is 0 Å². The van der Waals surface area contributed by atoms with Crippen LogP contribution in [0.25, 0.3) is 0 Å². The van der Waals surface area contributed by atoms with Gasteiger partial charge in [-0.25, -0.2) is 9.18 Å². The lowest BCUT2D eigenvalue weighted by atomic mass is 9.84. The highest BCUT2D eigenvalue weighted by atomic mass is 79.9. The lowest BCUT2D eigenvalue weighted by Gasteiger charge is -2.36. The van der Waals surface area contributed by atoms with Crippen molar-refractivity contribution >= 4 is 40.3 Å². The maximum Gasteiger partial charge on any atom is 0.329 e. The molecule has 2 aromatic rings. The van der Waals surface area contributed by atoms with Crippen molar-refractivity contribution in [3.8, 4) is 17.2 Å². The first-order valence-electron chi connectivity index (χ1n) is 13.5. The van der Waals surface area contributed by atoms with Gasteiger partial charge in [0.1, 0.15) is 18.2 Å². The van der Waals surface area contributed by atoms with Gasteiger partial charge in [-0.2, -0.15) is 0 Å². The summed E-state index contributed by atoms with van der Waals surface area (Å²) in [5.74, 6) is -1.13. The van der Waals surface area contributed by atoms with Crippen LogP contribution < -0.4 is 19.1 Å². The number of carboxylic acid groups (broad SMARTS) is 1. The van der Waals surface area contributed by atoms with E-state index in [9.17, 15) is 9.59 Å². The number of nitrogens with zero attached hydrogens (tertiary/aromatic N) is 2. The van der Waals surface area contributed by atoms with Crippen molar-refractivity contribution in [2.45, 2.75) is 51.7 Å². The zero-order valence-electron chi connectivity index (χ0n) is 24.8. The molecule has 0 atom stereocenters. The molecule has 2 aliphatic rings. The summed E-state index contributed by atoms with van der Waals surface area (Å²) < 4.78 is 37.0. The maximum atomic E-state index is 15.2. The summed E-state index contributed by atoms with van der Waals surface area (Å²) in [4.78, 5) is 28.3. The molecule has 10 nitrogen and oxygen atoms in total. The number of nitrogens with one attached hydrogen (secondary N) is 1. The molecule has 0 radical (unpaired) electrons. The summed E-state index contributed by atoms with van der Waals surface area (Å²) in [7, 11) is 4.37. The van der Waals surface area contributed by atoms with E-state index in [1.807, 2.05) is 32.9 Å². The molecule has 2 aromatic carbocycles. The van der Waals surface area contributed by atoms with Crippen LogP contribution in [0.2, 0.25) is 0 Å². The molecule has 230 valence electrons. The monoisotopic (exact) mass is 651 g/mol. The third kappa shape index (κ3) is 6.64. The molecule has 0 spiro atoms. The summed E-state index contributed by atoms with van der Waals surface area (Å²) in [5, 5.41) is 17.6. The molecule has 2 aliphatic heterocycles. The Kier molecular flexibility index (Phi) is 10.5. The van der Waals surface area contributed by atoms with E-state index in [0.717, 1.165) is 11.3 Å². The number of hydrogen-bond donors (Lipinski definition) is 2. The molecule has 0 saturated carbocycles. The number of fused-ring (bicyclic) bond motifs is 1. The molecule has 1 fully saturated rings. The van der Waals surface area contributed by atoms with Crippen molar-refractivity contribution < 1.29 is 38.0 Å². The number of Topliss-reactive ketones (excluding diaryl/α,β-unsaturated/α-hetero) is 1. The lowest BCUT2D eigenvalue weighted by Crippen LogP contribution is -2.38. The van der Waals surface area contributed by atoms with E-state index in [4.69, 9.17) is 29.5 Å². The number of ketones is 1. The normalized spacial score (nSPS) is 15.3. The van der Waals surface area contributed by atoms with Crippen LogP contribution in [0.15, 0.2) is 18.2 Å². The van der Waals surface area contributed by atoms with E-state index in [0.29, 0.717) is 42.8 Å². The second-order valence-corrected chi connectivity index (χ2v) is 11.3. The molecule has 0 aliphatic carbocycles. The SMILES string of the molecule is Br.COc1cc2c(c(F)c1OC)C(=N)N(CC(=O)c1cc(N3CCC(OCC(=O)O)CC3)c(OC)c(C(C)(C)C)c1)C2. The van der Waals surface area contributed by atoms with Crippen LogP contribution in [0.1, 0.15) is 60.7 Å². The van der Waals surface area contributed by atoms with Crippen molar-refractivity contribution in [1.82, 2.24) is 4.90 Å². The summed E-state index contributed by atoms with van der Waals surface area (Å²) in [6.07, 6.45) is 1.13. The third-order valence-corrected chi connectivity index (χ3v) is 7.57. The Bertz CT molecular complexity index is 1350. The summed E-state index contributed by atoms with van der Waals surface area (Å²) in [5.41, 5.74) is 2.43. The second kappa shape index (κ2) is 13.3. The molecule has 12 heteroatoms. The highest BCUT2D eigenvalue weighted by Gasteiger charge is 2.34. The Morgan fingerprint density at radius 3 is 2.24 bits per heavy atom. The fourth-order valence-corrected chi connectivity index (χ4v) is 5.46. The van der Waals surface area contributed by atoms with Crippen LogP contribution in [0, 0.1) is 11.2 Å². The second-order valence-electron chi connectivity index (χ2n) is 11.3. The average Bonchev–Trinajstić information content (AvgIpc) is 3.25. The van der Waals surface area contributed by atoms with Gasteiger partial charge in [0.25, 0.3) is 0 Å². The van der Waals surface area contributed by atoms with E-state index in [-0.39, 0.29) is 76.9 Å². The lowest BCUT2D eigenvalue weighted by molar-refractivity contribution is -0.144. The van der Waals surface area contributed by atoms with Crippen molar-refractivity contribution in [3.05, 3.63) is 46.3 Å². The zero-order valence-corrected chi connectivity index (χ0v) is 26.5. The van der Waals surface area contributed by atoms with Crippen molar-refractivity contribution in [1.29, 1.82) is 5.41 Å². The summed E-state index contributed by atoms with van der Waals surface area (Å²) in [6.45, 7) is 7.11. The van der Waals surface area contributed by atoms with E-state index >= 15 is 4.39 Å². The zero-order chi connectivity index (χ0) is 30.1. The number of hydrogen-bond acceptors (Lipinski definition) is 8. The van der Waals surface area contributed by atoms with E-state index < -0.39 is 11.8 Å². The van der Waals surface area contributed by atoms with Crippen LogP contribution >= 0.6 is 17.0 Å². The van der Waals surface area contributed by atoms with Gasteiger partial charge >= 0.3 is 5.97 Å². The van der Waals surface area contributed by atoms with Crippen LogP contribution in [0.3, 0.4) is 0 Å². The minimum absolute atomic E-state index is 0. The minimum atomic E-state index is -0.995. The van der Waals surface area contributed by atoms with Crippen LogP contribution in [0.5, 0.6) is 17.2 Å². The predicted octanol–water partition coefficient (Wildman–Crippen LogP) is 4.82. The first-order valence-corrected chi connectivity index (χ1v) is 13.5. The Morgan fingerprint density at radius 2 is 1.69 bits per heavy atom. The number of carbonyl (C=O) groups is 2. The standard InChI is InChI=1S/C30H38FN3O7.BrH/c1-30(2,3)20-11-17(12-21(27(20)39-5)33-9-7-19(8-10-33)41-16-24(36)37)22(35)15-34-14-18-13-23(38-4)28(40-6)26(31)25(18)29(34)32;/h11-13,19,32H,7-10,14-16H2,1-6H3,(H,36,37);1H. The van der Waals surface area contributed by atoms with E-state index in [1.165, 1.54) is 14.2 Å². The fourth-order valence-electron chi connectivity index (χ4n) is 5.46. The predicted molar refractivity (Wildman–Crippen MR) is 162 cm³/mol. The number of carboxylic acids is 1. The molecule has 4 rings (SSSR count). The number of aliphatic carboxylic acids is 1. The fraction of sp³-hybridized carbons (Fsp3) is 0.500. The Labute approximate surface area is 256 Å². The first kappa shape index (κ1) is 33.1. The van der Waals surface area contributed by atoms with E-state index in [2.05, 4.69) is 4.90 Å². The third-order valence-electron chi connectivity index (χ3n) is 7.57. The number of anilines is 1. The molecular formula is C30H39BrFN3O7. The number of benzene rings is 2. The van der Waals surface area contributed by atoms with Crippen LogP contribution in [0.4, 0.5) is 10.1 Å². The number of carbonyl (C=O) groups excluding carboxylic acids is 1. The largest absolute Gasteiger partial charge is 0.494 e. The smallest absolute Gasteiger partial charge is 0.329 e. The molecule has 2 N–H and O–H groups in total. The maximum absolute atomic E-state index is 15.2. The number of rotatable bonds is 10. The summed E-state index contributed by atoms with van der Waals surface area (Å²) in [6, 6.07) is 5.30. The topological polar surface area (TPSA) is 122 Å². The van der Waals surface area contributed by atoms with Gasteiger partial charge in [0.05, 0.1) is 45.2 Å². The number of amidine groups is 1. The van der Waals surface area contributed by atoms with Crippen molar-refractivity contribution in [2.24, 2.45) is 0 Å². The number of ether oxygens (including phenoxy) is 4. The van der Waals surface area contributed by atoms with Crippen molar-refractivity contribution in [3.63, 3.8) is 0 Å². The van der Waals surface area contributed by atoms with Gasteiger partial charge in [0.15, 0.2) is 23.1 Å². The van der Waals surface area contributed by atoms with E-state index in [1.54, 1.807) is 18.1 Å². The molecule has 42 heavy (non-hydrogen) atoms. The number of piperidine rings is 1. The molecule has 0 unspecified atom stereocenters. The Hall–Kier alpha value is -3.38. The Balaban J connectivity index is 0.00000484. The first-order chi connectivity index (χ1) is 19.4. The highest BCUT2D eigenvalue weighted by molar-refractivity contribution is 8.93. The molecule has 0 aromatic heterocycles. The average molecular weight is 653 g/mol. The molecule has 1 saturated heterocycles. The van der Waals surface area contributed by atoms with Gasteiger partial charge in [-0.3, -0.25) is 10.2 Å². The molecule has 0 bridgehead atoms. The number of methoxy groups -OCH3 is 3. The molecule has 2 heterocycles. The minimum Gasteiger partial charge on any atom is -0.494 e. The van der Waals surface area contributed by atoms with Gasteiger partial charge in [-0.05, 0) is 42.0 Å². The van der Waals surface area contributed by atoms with Gasteiger partial charge < -0.3 is 33.9 Å². The number of halogens is 2. The van der Waals surface area contributed by atoms with Gasteiger partial charge in [0, 0.05) is 30.8 Å². The molecular weight excluding hydrogens is 613 g/mol. The van der Waals surface area contributed by atoms with Gasteiger partial charge in [-0.15, -0.1) is 17.0 Å².